The zero-order valence-corrected chi connectivity index (χ0v) is 15.4. The van der Waals surface area contributed by atoms with E-state index in [0.29, 0.717) is 5.56 Å². The molecule has 4 atom stereocenters. The zero-order valence-electron chi connectivity index (χ0n) is 15.4. The van der Waals surface area contributed by atoms with Crippen molar-refractivity contribution in [2.24, 2.45) is 0 Å². The first-order valence-electron chi connectivity index (χ1n) is 9.64. The Kier molecular flexibility index (Phi) is 5.37. The smallest absolute Gasteiger partial charge is 0.340 e. The average Bonchev–Trinajstić information content (AvgIpc) is 3.24. The monoisotopic (exact) mass is 392 g/mol. The Labute approximate surface area is 162 Å². The molecule has 28 heavy (non-hydrogen) atoms. The van der Waals surface area contributed by atoms with Gasteiger partial charge in [0.2, 0.25) is 0 Å². The van der Waals surface area contributed by atoms with Gasteiger partial charge in [0.05, 0.1) is 17.7 Å². The summed E-state index contributed by atoms with van der Waals surface area (Å²) >= 11 is 0. The maximum Gasteiger partial charge on any atom is 0.340 e. The fraction of sp³-hybridized carbons (Fsp3) is 0.600. The van der Waals surface area contributed by atoms with Crippen molar-refractivity contribution >= 4 is 11.9 Å². The van der Waals surface area contributed by atoms with Crippen molar-refractivity contribution in [1.82, 2.24) is 0 Å². The third kappa shape index (κ3) is 3.77. The molecular weight excluding hydrogens is 368 g/mol. The van der Waals surface area contributed by atoms with Gasteiger partial charge < -0.3 is 29.2 Å². The van der Waals surface area contributed by atoms with Crippen molar-refractivity contribution in [3.8, 4) is 0 Å². The molecule has 1 aliphatic carbocycles. The molecule has 0 spiro atoms. The third-order valence-electron chi connectivity index (χ3n) is 5.50. The van der Waals surface area contributed by atoms with Gasteiger partial charge in [0, 0.05) is 0 Å². The highest BCUT2D eigenvalue weighted by Crippen LogP contribution is 2.35. The lowest BCUT2D eigenvalue weighted by molar-refractivity contribution is -0.211. The highest BCUT2D eigenvalue weighted by molar-refractivity contribution is 5.93. The van der Waals surface area contributed by atoms with E-state index in [0.717, 1.165) is 25.7 Å². The van der Waals surface area contributed by atoms with Crippen LogP contribution in [0.4, 0.5) is 0 Å². The Bertz CT molecular complexity index is 726. The number of esters is 2. The molecule has 8 nitrogen and oxygen atoms in total. The van der Waals surface area contributed by atoms with E-state index in [1.165, 1.54) is 30.7 Å². The van der Waals surface area contributed by atoms with Crippen LogP contribution in [0.25, 0.3) is 0 Å². The topological polar surface area (TPSA) is 112 Å². The fourth-order valence-electron chi connectivity index (χ4n) is 3.93. The second-order valence-corrected chi connectivity index (χ2v) is 7.57. The fourth-order valence-corrected chi connectivity index (χ4v) is 3.93. The summed E-state index contributed by atoms with van der Waals surface area (Å²) in [4.78, 5) is 24.6. The minimum Gasteiger partial charge on any atom is -0.459 e. The van der Waals surface area contributed by atoms with E-state index in [4.69, 9.17) is 18.9 Å². The normalized spacial score (nSPS) is 32.7. The zero-order chi connectivity index (χ0) is 19.7. The van der Waals surface area contributed by atoms with Crippen LogP contribution in [-0.4, -0.2) is 65.6 Å². The molecule has 8 heteroatoms. The van der Waals surface area contributed by atoms with E-state index in [1.54, 1.807) is 0 Å². The van der Waals surface area contributed by atoms with Crippen molar-refractivity contribution in [1.29, 1.82) is 0 Å². The number of carbonyl (C=O) groups is 2. The van der Waals surface area contributed by atoms with Crippen molar-refractivity contribution in [3.05, 3.63) is 35.4 Å². The predicted molar refractivity (Wildman–Crippen MR) is 94.6 cm³/mol. The van der Waals surface area contributed by atoms with Crippen LogP contribution in [0.2, 0.25) is 0 Å². The molecule has 0 unspecified atom stereocenters. The number of benzene rings is 1. The molecule has 0 aromatic heterocycles. The van der Waals surface area contributed by atoms with E-state index < -0.39 is 36.0 Å². The van der Waals surface area contributed by atoms with E-state index in [-0.39, 0.29) is 24.9 Å². The molecule has 2 N–H and O–H groups in total. The SMILES string of the molecule is O=C(OC1CCCCC1)c1ccc(C(=O)O[C@@]2(O)CO[C@@H]3[C@H](O)CO[C@@H]32)cc1. The van der Waals surface area contributed by atoms with Crippen LogP contribution in [0.15, 0.2) is 24.3 Å². The lowest BCUT2D eigenvalue weighted by Gasteiger charge is -2.26. The molecule has 3 fully saturated rings. The van der Waals surface area contributed by atoms with Gasteiger partial charge in [-0.25, -0.2) is 9.59 Å². The summed E-state index contributed by atoms with van der Waals surface area (Å²) in [5.74, 6) is -3.15. The van der Waals surface area contributed by atoms with Gasteiger partial charge in [0.25, 0.3) is 5.79 Å². The molecule has 0 amide bonds. The molecule has 0 bridgehead atoms. The molecule has 1 aromatic carbocycles. The lowest BCUT2D eigenvalue weighted by atomic mass is 9.98. The summed E-state index contributed by atoms with van der Waals surface area (Å²) in [6.45, 7) is -0.274. The molecule has 0 radical (unpaired) electrons. The second-order valence-electron chi connectivity index (χ2n) is 7.57. The number of aliphatic hydroxyl groups is 2. The van der Waals surface area contributed by atoms with Crippen molar-refractivity contribution in [3.63, 3.8) is 0 Å². The van der Waals surface area contributed by atoms with Gasteiger partial charge >= 0.3 is 11.9 Å². The number of ether oxygens (including phenoxy) is 4. The first-order chi connectivity index (χ1) is 13.5. The number of hydrogen-bond donors (Lipinski definition) is 2. The van der Waals surface area contributed by atoms with Crippen molar-refractivity contribution in [2.75, 3.05) is 13.2 Å². The number of rotatable bonds is 4. The summed E-state index contributed by atoms with van der Waals surface area (Å²) in [5.41, 5.74) is 0.525. The van der Waals surface area contributed by atoms with Crippen LogP contribution in [0.1, 0.15) is 52.8 Å². The van der Waals surface area contributed by atoms with E-state index in [2.05, 4.69) is 0 Å². The Morgan fingerprint density at radius 1 is 1.00 bits per heavy atom. The summed E-state index contributed by atoms with van der Waals surface area (Å²) in [6.07, 6.45) is 2.50. The van der Waals surface area contributed by atoms with Crippen LogP contribution in [0.3, 0.4) is 0 Å². The number of carbonyl (C=O) groups excluding carboxylic acids is 2. The molecule has 1 aromatic rings. The number of aliphatic hydroxyl groups excluding tert-OH is 1. The van der Waals surface area contributed by atoms with Crippen LogP contribution in [0.5, 0.6) is 0 Å². The third-order valence-corrected chi connectivity index (χ3v) is 5.50. The number of hydrogen-bond acceptors (Lipinski definition) is 8. The summed E-state index contributed by atoms with van der Waals surface area (Å²) in [7, 11) is 0. The van der Waals surface area contributed by atoms with Gasteiger partial charge in [-0.3, -0.25) is 0 Å². The standard InChI is InChI=1S/C20H24O8/c21-15-10-25-17-16(15)26-11-20(17,24)28-19(23)13-8-6-12(7-9-13)18(22)27-14-4-2-1-3-5-14/h6-9,14-17,21,24H,1-5,10-11H2/t15-,16-,17+,20+/m1/s1. The Morgan fingerprint density at radius 2 is 1.64 bits per heavy atom. The Morgan fingerprint density at radius 3 is 2.32 bits per heavy atom. The van der Waals surface area contributed by atoms with Gasteiger partial charge in [-0.15, -0.1) is 0 Å². The average molecular weight is 392 g/mol. The highest BCUT2D eigenvalue weighted by Gasteiger charge is 2.58. The summed E-state index contributed by atoms with van der Waals surface area (Å²) < 4.78 is 21.3. The van der Waals surface area contributed by atoms with Crippen LogP contribution in [-0.2, 0) is 18.9 Å². The summed E-state index contributed by atoms with van der Waals surface area (Å²) in [5, 5.41) is 20.3. The van der Waals surface area contributed by atoms with E-state index in [9.17, 15) is 19.8 Å². The Hall–Kier alpha value is -2.00. The predicted octanol–water partition coefficient (Wildman–Crippen LogP) is 1.18. The molecular formula is C20H24O8. The Balaban J connectivity index is 1.37. The lowest BCUT2D eigenvalue weighted by Crippen LogP contribution is -2.47. The van der Waals surface area contributed by atoms with E-state index in [1.807, 2.05) is 0 Å². The first kappa shape index (κ1) is 19.3. The van der Waals surface area contributed by atoms with E-state index >= 15 is 0 Å². The van der Waals surface area contributed by atoms with Crippen LogP contribution >= 0.6 is 0 Å². The molecule has 1 saturated carbocycles. The first-order valence-corrected chi connectivity index (χ1v) is 9.64. The maximum atomic E-state index is 12.4. The largest absolute Gasteiger partial charge is 0.459 e. The van der Waals surface area contributed by atoms with Gasteiger partial charge in [-0.1, -0.05) is 6.42 Å². The highest BCUT2D eigenvalue weighted by atomic mass is 16.7. The quantitative estimate of drug-likeness (QED) is 0.580. The van der Waals surface area contributed by atoms with Crippen LogP contribution < -0.4 is 0 Å². The molecule has 2 saturated heterocycles. The maximum absolute atomic E-state index is 12.4. The van der Waals surface area contributed by atoms with Gasteiger partial charge in [-0.05, 0) is 49.9 Å². The van der Waals surface area contributed by atoms with Crippen molar-refractivity contribution < 1.29 is 38.7 Å². The van der Waals surface area contributed by atoms with Gasteiger partial charge in [-0.2, -0.15) is 0 Å². The second kappa shape index (κ2) is 7.79. The van der Waals surface area contributed by atoms with Crippen molar-refractivity contribution in [2.45, 2.75) is 62.3 Å². The molecule has 3 aliphatic rings. The number of fused-ring (bicyclic) bond motifs is 1. The van der Waals surface area contributed by atoms with Gasteiger partial charge in [0.15, 0.2) is 6.10 Å². The van der Waals surface area contributed by atoms with Gasteiger partial charge in [0.1, 0.15) is 24.9 Å². The van der Waals surface area contributed by atoms with Crippen LogP contribution in [0, 0.1) is 0 Å². The minimum absolute atomic E-state index is 0.00694. The molecule has 2 heterocycles. The summed E-state index contributed by atoms with van der Waals surface area (Å²) in [6, 6.07) is 5.88. The minimum atomic E-state index is -1.96. The molecule has 2 aliphatic heterocycles. The molecule has 152 valence electrons. The molecule has 4 rings (SSSR count).